The van der Waals surface area contributed by atoms with E-state index in [0.29, 0.717) is 37.0 Å². The van der Waals surface area contributed by atoms with Crippen molar-refractivity contribution in [2.24, 2.45) is 0 Å². The van der Waals surface area contributed by atoms with Crippen LogP contribution in [-0.4, -0.2) is 64.9 Å². The summed E-state index contributed by atoms with van der Waals surface area (Å²) in [5.41, 5.74) is 2.25. The molecule has 1 aliphatic rings. The molecule has 164 valence electrons. The molecular weight excluding hydrogens is 406 g/mol. The fourth-order valence-electron chi connectivity index (χ4n) is 3.30. The third-order valence-electron chi connectivity index (χ3n) is 4.86. The van der Waals surface area contributed by atoms with E-state index in [-0.39, 0.29) is 11.4 Å². The third kappa shape index (κ3) is 5.38. The SMILES string of the molecule is COc1cc(C)c(S(=O)(=O)NCCNc2nc(C)cc(N3CCOCC3)n2)cc1C. The van der Waals surface area contributed by atoms with Crippen LogP contribution in [0.1, 0.15) is 16.8 Å². The average molecular weight is 436 g/mol. The summed E-state index contributed by atoms with van der Waals surface area (Å²) in [5.74, 6) is 1.99. The van der Waals surface area contributed by atoms with Crippen LogP contribution in [-0.2, 0) is 14.8 Å². The number of ether oxygens (including phenoxy) is 2. The molecule has 1 saturated heterocycles. The van der Waals surface area contributed by atoms with E-state index in [4.69, 9.17) is 9.47 Å². The fourth-order valence-corrected chi connectivity index (χ4v) is 4.64. The third-order valence-corrected chi connectivity index (χ3v) is 6.46. The van der Waals surface area contributed by atoms with Gasteiger partial charge in [-0.2, -0.15) is 4.98 Å². The highest BCUT2D eigenvalue weighted by Crippen LogP contribution is 2.25. The predicted octanol–water partition coefficient (Wildman–Crippen LogP) is 1.64. The van der Waals surface area contributed by atoms with Crippen molar-refractivity contribution in [2.45, 2.75) is 25.7 Å². The van der Waals surface area contributed by atoms with Gasteiger partial charge >= 0.3 is 0 Å². The lowest BCUT2D eigenvalue weighted by molar-refractivity contribution is 0.122. The van der Waals surface area contributed by atoms with Gasteiger partial charge in [0.2, 0.25) is 16.0 Å². The van der Waals surface area contributed by atoms with E-state index in [1.165, 1.54) is 0 Å². The average Bonchev–Trinajstić information content (AvgIpc) is 2.72. The maximum absolute atomic E-state index is 12.7. The minimum absolute atomic E-state index is 0.205. The van der Waals surface area contributed by atoms with Gasteiger partial charge in [0.15, 0.2) is 0 Å². The van der Waals surface area contributed by atoms with Crippen molar-refractivity contribution in [1.82, 2.24) is 14.7 Å². The van der Waals surface area contributed by atoms with Gasteiger partial charge in [-0.3, -0.25) is 0 Å². The summed E-state index contributed by atoms with van der Waals surface area (Å²) in [7, 11) is -2.07. The molecule has 0 radical (unpaired) electrons. The Balaban J connectivity index is 1.60. The maximum atomic E-state index is 12.7. The van der Waals surface area contributed by atoms with Crippen LogP contribution in [0.3, 0.4) is 0 Å². The van der Waals surface area contributed by atoms with Crippen LogP contribution < -0.4 is 19.7 Å². The largest absolute Gasteiger partial charge is 0.496 e. The summed E-state index contributed by atoms with van der Waals surface area (Å²) in [6.07, 6.45) is 0. The maximum Gasteiger partial charge on any atom is 0.240 e. The Bertz CT molecular complexity index is 991. The second-order valence-corrected chi connectivity index (χ2v) is 8.94. The van der Waals surface area contributed by atoms with Crippen molar-refractivity contribution >= 4 is 21.8 Å². The van der Waals surface area contributed by atoms with Crippen LogP contribution in [0.25, 0.3) is 0 Å². The van der Waals surface area contributed by atoms with E-state index in [1.54, 1.807) is 26.2 Å². The molecule has 0 aliphatic carbocycles. The molecular formula is C20H29N5O4S. The summed E-state index contributed by atoms with van der Waals surface area (Å²) in [6.45, 7) is 8.98. The van der Waals surface area contributed by atoms with Crippen LogP contribution in [0, 0.1) is 20.8 Å². The van der Waals surface area contributed by atoms with Gasteiger partial charge in [0.1, 0.15) is 11.6 Å². The van der Waals surface area contributed by atoms with Gasteiger partial charge in [-0.25, -0.2) is 18.1 Å². The number of aromatic nitrogens is 2. The Morgan fingerprint density at radius 2 is 1.80 bits per heavy atom. The summed E-state index contributed by atoms with van der Waals surface area (Å²) in [6, 6.07) is 5.30. The van der Waals surface area contributed by atoms with E-state index < -0.39 is 10.0 Å². The molecule has 1 fully saturated rings. The van der Waals surface area contributed by atoms with Crippen molar-refractivity contribution in [3.05, 3.63) is 35.0 Å². The van der Waals surface area contributed by atoms with E-state index in [9.17, 15) is 8.42 Å². The van der Waals surface area contributed by atoms with Gasteiger partial charge < -0.3 is 19.7 Å². The van der Waals surface area contributed by atoms with E-state index in [1.807, 2.05) is 19.9 Å². The summed E-state index contributed by atoms with van der Waals surface area (Å²) >= 11 is 0. The zero-order valence-electron chi connectivity index (χ0n) is 17.9. The van der Waals surface area contributed by atoms with E-state index in [0.717, 1.165) is 30.2 Å². The first-order valence-electron chi connectivity index (χ1n) is 9.87. The van der Waals surface area contributed by atoms with Crippen molar-refractivity contribution in [2.75, 3.05) is 56.7 Å². The van der Waals surface area contributed by atoms with Gasteiger partial charge in [-0.15, -0.1) is 0 Å². The van der Waals surface area contributed by atoms with E-state index >= 15 is 0 Å². The highest BCUT2D eigenvalue weighted by molar-refractivity contribution is 7.89. The first-order chi connectivity index (χ1) is 14.3. The molecule has 30 heavy (non-hydrogen) atoms. The van der Waals surface area contributed by atoms with Gasteiger partial charge in [0.25, 0.3) is 0 Å². The molecule has 0 amide bonds. The Hall–Kier alpha value is -2.43. The Morgan fingerprint density at radius 1 is 1.07 bits per heavy atom. The smallest absolute Gasteiger partial charge is 0.240 e. The van der Waals surface area contributed by atoms with Gasteiger partial charge in [0, 0.05) is 37.9 Å². The van der Waals surface area contributed by atoms with Crippen molar-refractivity contribution in [3.8, 4) is 5.75 Å². The second-order valence-electron chi connectivity index (χ2n) is 7.20. The Morgan fingerprint density at radius 3 is 2.50 bits per heavy atom. The quantitative estimate of drug-likeness (QED) is 0.603. The molecule has 2 aromatic rings. The minimum Gasteiger partial charge on any atom is -0.496 e. The molecule has 0 spiro atoms. The molecule has 3 rings (SSSR count). The van der Waals surface area contributed by atoms with Crippen LogP contribution in [0.2, 0.25) is 0 Å². The van der Waals surface area contributed by atoms with Crippen molar-refractivity contribution in [1.29, 1.82) is 0 Å². The lowest BCUT2D eigenvalue weighted by atomic mass is 10.1. The first-order valence-corrected chi connectivity index (χ1v) is 11.4. The number of hydrogen-bond acceptors (Lipinski definition) is 8. The number of morpholine rings is 1. The lowest BCUT2D eigenvalue weighted by Crippen LogP contribution is -2.37. The highest BCUT2D eigenvalue weighted by Gasteiger charge is 2.18. The highest BCUT2D eigenvalue weighted by atomic mass is 32.2. The number of rotatable bonds is 8. The molecule has 0 unspecified atom stereocenters. The zero-order valence-corrected chi connectivity index (χ0v) is 18.7. The Labute approximate surface area is 177 Å². The first kappa shape index (κ1) is 22.3. The lowest BCUT2D eigenvalue weighted by Gasteiger charge is -2.28. The molecule has 10 heteroatoms. The number of nitrogens with zero attached hydrogens (tertiary/aromatic N) is 3. The van der Waals surface area contributed by atoms with Crippen molar-refractivity contribution < 1.29 is 17.9 Å². The molecule has 0 atom stereocenters. The number of benzene rings is 1. The number of aryl methyl sites for hydroxylation is 3. The number of methoxy groups -OCH3 is 1. The van der Waals surface area contributed by atoms with Crippen LogP contribution in [0.5, 0.6) is 5.75 Å². The molecule has 9 nitrogen and oxygen atoms in total. The van der Waals surface area contributed by atoms with Gasteiger partial charge in [-0.1, -0.05) is 0 Å². The molecule has 1 aliphatic heterocycles. The fraction of sp³-hybridized carbons (Fsp3) is 0.500. The normalized spacial score (nSPS) is 14.6. The summed E-state index contributed by atoms with van der Waals surface area (Å²) < 4.78 is 38.7. The molecule has 1 aromatic heterocycles. The number of sulfonamides is 1. The predicted molar refractivity (Wildman–Crippen MR) is 116 cm³/mol. The molecule has 0 saturated carbocycles. The van der Waals surface area contributed by atoms with Crippen LogP contribution in [0.15, 0.2) is 23.1 Å². The van der Waals surface area contributed by atoms with Crippen molar-refractivity contribution in [3.63, 3.8) is 0 Å². The zero-order chi connectivity index (χ0) is 21.7. The number of hydrogen-bond donors (Lipinski definition) is 2. The second kappa shape index (κ2) is 9.59. The minimum atomic E-state index is -3.63. The standard InChI is InChI=1S/C20H29N5O4S/c1-14-12-18(15(2)11-17(14)28-4)30(26,27)22-6-5-21-20-23-16(3)13-19(24-20)25-7-9-29-10-8-25/h11-13,22H,5-10H2,1-4H3,(H,21,23,24). The molecule has 1 aromatic carbocycles. The Kier molecular flexibility index (Phi) is 7.11. The topological polar surface area (TPSA) is 106 Å². The number of anilines is 2. The molecule has 0 bridgehead atoms. The van der Waals surface area contributed by atoms with Crippen LogP contribution in [0.4, 0.5) is 11.8 Å². The van der Waals surface area contributed by atoms with Crippen LogP contribution >= 0.6 is 0 Å². The van der Waals surface area contributed by atoms with Gasteiger partial charge in [-0.05, 0) is 44.0 Å². The molecule has 2 heterocycles. The summed E-state index contributed by atoms with van der Waals surface area (Å²) in [5, 5.41) is 3.11. The monoisotopic (exact) mass is 435 g/mol. The summed E-state index contributed by atoms with van der Waals surface area (Å²) in [4.78, 5) is 11.4. The molecule has 2 N–H and O–H groups in total. The number of nitrogens with one attached hydrogen (secondary N) is 2. The van der Waals surface area contributed by atoms with Gasteiger partial charge in [0.05, 0.1) is 25.2 Å². The van der Waals surface area contributed by atoms with E-state index in [2.05, 4.69) is 24.9 Å².